The zero-order valence-electron chi connectivity index (χ0n) is 13.0. The molecule has 0 unspecified atom stereocenters. The average molecular weight is 283 g/mol. The highest BCUT2D eigenvalue weighted by atomic mass is 19.1. The number of aliphatic imine (C=N–C) groups is 1. The lowest BCUT2D eigenvalue weighted by molar-refractivity contribution is 0.115. The Hall–Kier alpha value is -0.800. The van der Waals surface area contributed by atoms with Crippen molar-refractivity contribution in [1.82, 2.24) is 10.2 Å². The maximum atomic E-state index is 12.2. The summed E-state index contributed by atoms with van der Waals surface area (Å²) in [6, 6.07) is 0. The van der Waals surface area contributed by atoms with E-state index in [1.165, 1.54) is 51.4 Å². The number of guanidine groups is 1. The van der Waals surface area contributed by atoms with Gasteiger partial charge >= 0.3 is 0 Å². The second kappa shape index (κ2) is 7.84. The highest BCUT2D eigenvalue weighted by Crippen LogP contribution is 2.42. The minimum Gasteiger partial charge on any atom is -0.356 e. The highest BCUT2D eigenvalue weighted by molar-refractivity contribution is 5.80. The van der Waals surface area contributed by atoms with E-state index >= 15 is 0 Å². The van der Waals surface area contributed by atoms with Crippen molar-refractivity contribution in [1.29, 1.82) is 0 Å². The summed E-state index contributed by atoms with van der Waals surface area (Å²) < 4.78 is 12.2. The lowest BCUT2D eigenvalue weighted by atomic mass is 9.74. The van der Waals surface area contributed by atoms with Gasteiger partial charge in [-0.15, -0.1) is 0 Å². The molecule has 0 aromatic rings. The van der Waals surface area contributed by atoms with Crippen molar-refractivity contribution in [2.75, 3.05) is 33.4 Å². The first-order valence-corrected chi connectivity index (χ1v) is 8.31. The topological polar surface area (TPSA) is 27.6 Å². The van der Waals surface area contributed by atoms with Gasteiger partial charge in [-0.3, -0.25) is 9.38 Å². The molecule has 4 heteroatoms. The molecule has 1 heterocycles. The van der Waals surface area contributed by atoms with Crippen LogP contribution in [0.4, 0.5) is 4.39 Å². The van der Waals surface area contributed by atoms with Crippen molar-refractivity contribution in [2.24, 2.45) is 10.4 Å². The highest BCUT2D eigenvalue weighted by Gasteiger charge is 2.36. The fraction of sp³-hybridized carbons (Fsp3) is 0.938. The Labute approximate surface area is 123 Å². The molecular formula is C16H30FN3. The third kappa shape index (κ3) is 4.10. The molecule has 2 fully saturated rings. The van der Waals surface area contributed by atoms with Crippen LogP contribution in [0.15, 0.2) is 4.99 Å². The fourth-order valence-corrected chi connectivity index (χ4v) is 3.87. The molecule has 116 valence electrons. The van der Waals surface area contributed by atoms with Crippen molar-refractivity contribution in [3.63, 3.8) is 0 Å². The van der Waals surface area contributed by atoms with Crippen LogP contribution in [-0.4, -0.2) is 44.2 Å². The zero-order chi connectivity index (χ0) is 14.3. The molecular weight excluding hydrogens is 253 g/mol. The summed E-state index contributed by atoms with van der Waals surface area (Å²) in [5.74, 6) is 0.974. The van der Waals surface area contributed by atoms with E-state index in [1.54, 1.807) is 0 Å². The zero-order valence-corrected chi connectivity index (χ0v) is 13.0. The first-order chi connectivity index (χ1) is 9.79. The quantitative estimate of drug-likeness (QED) is 0.488. The van der Waals surface area contributed by atoms with Crippen molar-refractivity contribution in [3.8, 4) is 0 Å². The third-order valence-corrected chi connectivity index (χ3v) is 4.93. The van der Waals surface area contributed by atoms with Crippen LogP contribution in [0.25, 0.3) is 0 Å². The first-order valence-electron chi connectivity index (χ1n) is 8.31. The van der Waals surface area contributed by atoms with E-state index in [1.807, 2.05) is 7.05 Å². The molecule has 0 bridgehead atoms. The molecule has 2 aliphatic rings. The van der Waals surface area contributed by atoms with Gasteiger partial charge in [0.25, 0.3) is 0 Å². The number of nitrogens with one attached hydrogen (secondary N) is 1. The van der Waals surface area contributed by atoms with Crippen LogP contribution < -0.4 is 5.32 Å². The standard InChI is InChI=1S/C16H30FN3/c1-18-15(19-12-7-11-17)20-13-6-10-16(14-20)8-4-2-3-5-9-16/h2-14H2,1H3,(H,18,19). The van der Waals surface area contributed by atoms with E-state index in [-0.39, 0.29) is 6.67 Å². The predicted octanol–water partition coefficient (Wildman–Crippen LogP) is 3.36. The second-order valence-electron chi connectivity index (χ2n) is 6.46. The maximum absolute atomic E-state index is 12.2. The molecule has 0 aromatic heterocycles. The number of rotatable bonds is 3. The minimum absolute atomic E-state index is 0.256. The number of hydrogen-bond donors (Lipinski definition) is 1. The lowest BCUT2D eigenvalue weighted by Gasteiger charge is -2.44. The van der Waals surface area contributed by atoms with E-state index in [0.29, 0.717) is 18.4 Å². The van der Waals surface area contributed by atoms with E-state index in [9.17, 15) is 4.39 Å². The fourth-order valence-electron chi connectivity index (χ4n) is 3.87. The lowest BCUT2D eigenvalue weighted by Crippen LogP contribution is -2.50. The Kier molecular flexibility index (Phi) is 6.11. The van der Waals surface area contributed by atoms with Crippen molar-refractivity contribution in [2.45, 2.75) is 57.8 Å². The number of likely N-dealkylation sites (tertiary alicyclic amines) is 1. The van der Waals surface area contributed by atoms with Gasteiger partial charge in [0.15, 0.2) is 5.96 Å². The van der Waals surface area contributed by atoms with Crippen LogP contribution in [0.1, 0.15) is 57.8 Å². The molecule has 0 radical (unpaired) electrons. The van der Waals surface area contributed by atoms with Crippen LogP contribution in [0.2, 0.25) is 0 Å². The molecule has 0 amide bonds. The van der Waals surface area contributed by atoms with Gasteiger partial charge in [-0.1, -0.05) is 25.7 Å². The van der Waals surface area contributed by atoms with Gasteiger partial charge in [0.2, 0.25) is 0 Å². The van der Waals surface area contributed by atoms with E-state index in [2.05, 4.69) is 15.2 Å². The number of piperidine rings is 1. The Bertz CT molecular complexity index is 309. The van der Waals surface area contributed by atoms with Gasteiger partial charge < -0.3 is 10.2 Å². The Morgan fingerprint density at radius 3 is 2.50 bits per heavy atom. The van der Waals surface area contributed by atoms with Gasteiger partial charge in [0, 0.05) is 26.7 Å². The smallest absolute Gasteiger partial charge is 0.193 e. The van der Waals surface area contributed by atoms with Crippen molar-refractivity contribution < 1.29 is 4.39 Å². The minimum atomic E-state index is -0.256. The molecule has 1 aliphatic heterocycles. The van der Waals surface area contributed by atoms with Crippen LogP contribution in [-0.2, 0) is 0 Å². The number of nitrogens with zero attached hydrogens (tertiary/aromatic N) is 2. The normalized spacial score (nSPS) is 23.7. The summed E-state index contributed by atoms with van der Waals surface area (Å²) in [5, 5.41) is 3.31. The van der Waals surface area contributed by atoms with Gasteiger partial charge in [-0.25, -0.2) is 0 Å². The summed E-state index contributed by atoms with van der Waals surface area (Å²) in [6.07, 6.45) is 11.6. The van der Waals surface area contributed by atoms with Gasteiger partial charge in [-0.2, -0.15) is 0 Å². The van der Waals surface area contributed by atoms with Crippen LogP contribution in [0, 0.1) is 5.41 Å². The summed E-state index contributed by atoms with van der Waals surface area (Å²) in [7, 11) is 1.84. The molecule has 0 aromatic carbocycles. The summed E-state index contributed by atoms with van der Waals surface area (Å²) in [4.78, 5) is 6.80. The Morgan fingerprint density at radius 1 is 1.15 bits per heavy atom. The first kappa shape index (κ1) is 15.6. The molecule has 20 heavy (non-hydrogen) atoms. The van der Waals surface area contributed by atoms with E-state index in [4.69, 9.17) is 0 Å². The predicted molar refractivity (Wildman–Crippen MR) is 82.9 cm³/mol. The number of hydrogen-bond acceptors (Lipinski definition) is 1. The van der Waals surface area contributed by atoms with Gasteiger partial charge in [0.1, 0.15) is 0 Å². The monoisotopic (exact) mass is 283 g/mol. The molecule has 2 rings (SSSR count). The van der Waals surface area contributed by atoms with Crippen LogP contribution in [0.3, 0.4) is 0 Å². The molecule has 1 N–H and O–H groups in total. The Morgan fingerprint density at radius 2 is 1.85 bits per heavy atom. The van der Waals surface area contributed by atoms with Gasteiger partial charge in [0.05, 0.1) is 6.67 Å². The summed E-state index contributed by atoms with van der Waals surface area (Å²) >= 11 is 0. The largest absolute Gasteiger partial charge is 0.356 e. The summed E-state index contributed by atoms with van der Waals surface area (Å²) in [5.41, 5.74) is 0.520. The molecule has 1 aliphatic carbocycles. The number of halogens is 1. The third-order valence-electron chi connectivity index (χ3n) is 4.93. The van der Waals surface area contributed by atoms with Gasteiger partial charge in [-0.05, 0) is 37.5 Å². The molecule has 3 nitrogen and oxygen atoms in total. The molecule has 0 atom stereocenters. The van der Waals surface area contributed by atoms with E-state index < -0.39 is 0 Å². The SMILES string of the molecule is CN=C(NCCCF)N1CCCC2(CCCCCC2)C1. The average Bonchev–Trinajstić information content (AvgIpc) is 2.69. The Balaban J connectivity index is 1.94. The summed E-state index contributed by atoms with van der Waals surface area (Å²) in [6.45, 7) is 2.67. The maximum Gasteiger partial charge on any atom is 0.193 e. The van der Waals surface area contributed by atoms with Crippen molar-refractivity contribution in [3.05, 3.63) is 0 Å². The van der Waals surface area contributed by atoms with Crippen LogP contribution in [0.5, 0.6) is 0 Å². The molecule has 1 saturated carbocycles. The van der Waals surface area contributed by atoms with Crippen molar-refractivity contribution >= 4 is 5.96 Å². The second-order valence-corrected chi connectivity index (χ2v) is 6.46. The van der Waals surface area contributed by atoms with Crippen LogP contribution >= 0.6 is 0 Å². The van der Waals surface area contributed by atoms with E-state index in [0.717, 1.165) is 19.0 Å². The molecule has 1 saturated heterocycles. The molecule has 1 spiro atoms. The number of alkyl halides is 1.